The maximum atomic E-state index is 13.1. The summed E-state index contributed by atoms with van der Waals surface area (Å²) in [6.07, 6.45) is 0.989. The van der Waals surface area contributed by atoms with Crippen LogP contribution in [0.25, 0.3) is 0 Å². The van der Waals surface area contributed by atoms with Gasteiger partial charge in [-0.2, -0.15) is 0 Å². The van der Waals surface area contributed by atoms with Crippen LogP contribution in [0.3, 0.4) is 0 Å². The van der Waals surface area contributed by atoms with Crippen molar-refractivity contribution in [2.75, 3.05) is 20.6 Å². The van der Waals surface area contributed by atoms with Crippen LogP contribution in [0.4, 0.5) is 0 Å². The molecular formula is C24H33N3O4S. The van der Waals surface area contributed by atoms with Gasteiger partial charge in [-0.15, -0.1) is 0 Å². The van der Waals surface area contributed by atoms with Gasteiger partial charge in [-0.1, -0.05) is 55.0 Å². The molecule has 2 aromatic rings. The monoisotopic (exact) mass is 459 g/mol. The summed E-state index contributed by atoms with van der Waals surface area (Å²) in [5.74, 6) is -0.384. The van der Waals surface area contributed by atoms with E-state index in [1.165, 1.54) is 11.4 Å². The summed E-state index contributed by atoms with van der Waals surface area (Å²) in [4.78, 5) is 27.4. The second kappa shape index (κ2) is 11.8. The number of amides is 2. The molecule has 174 valence electrons. The number of likely N-dealkylation sites (N-methyl/N-ethyl adjacent to an activating group) is 1. The molecular weight excluding hydrogens is 426 g/mol. The molecule has 1 atom stereocenters. The van der Waals surface area contributed by atoms with Crippen LogP contribution in [0, 0.1) is 6.92 Å². The molecule has 0 aromatic heterocycles. The van der Waals surface area contributed by atoms with Gasteiger partial charge >= 0.3 is 0 Å². The number of hydrogen-bond acceptors (Lipinski definition) is 4. The first-order chi connectivity index (χ1) is 15.2. The van der Waals surface area contributed by atoms with Crippen molar-refractivity contribution in [3.63, 3.8) is 0 Å². The van der Waals surface area contributed by atoms with Gasteiger partial charge in [0.1, 0.15) is 6.04 Å². The Hall–Kier alpha value is -2.71. The number of carbonyl (C=O) groups is 2. The van der Waals surface area contributed by atoms with E-state index >= 15 is 0 Å². The molecule has 0 radical (unpaired) electrons. The van der Waals surface area contributed by atoms with Crippen molar-refractivity contribution in [2.45, 2.75) is 50.6 Å². The van der Waals surface area contributed by atoms with Crippen molar-refractivity contribution >= 4 is 21.8 Å². The standard InChI is InChI=1S/C24H33N3O4S/c1-5-22(24(29)25-3)27(18-20-12-9-11-19(2)17-20)23(28)15-10-16-26(4)32(30,31)21-13-7-6-8-14-21/h6-9,11-14,17,22H,5,10,15-16,18H2,1-4H3,(H,25,29)/t22-/m1/s1. The molecule has 2 amide bonds. The zero-order valence-corrected chi connectivity index (χ0v) is 20.1. The number of nitrogens with one attached hydrogen (secondary N) is 1. The van der Waals surface area contributed by atoms with E-state index in [0.29, 0.717) is 19.4 Å². The molecule has 1 N–H and O–H groups in total. The first kappa shape index (κ1) is 25.5. The zero-order chi connectivity index (χ0) is 23.7. The molecule has 0 fully saturated rings. The Kier molecular flexibility index (Phi) is 9.41. The second-order valence-electron chi connectivity index (χ2n) is 7.79. The Bertz CT molecular complexity index is 1010. The van der Waals surface area contributed by atoms with Crippen LogP contribution < -0.4 is 5.32 Å². The number of sulfonamides is 1. The van der Waals surface area contributed by atoms with Gasteiger partial charge in [-0.3, -0.25) is 9.59 Å². The van der Waals surface area contributed by atoms with E-state index in [-0.39, 0.29) is 29.7 Å². The third-order valence-corrected chi connectivity index (χ3v) is 7.25. The zero-order valence-electron chi connectivity index (χ0n) is 19.2. The van der Waals surface area contributed by atoms with Gasteiger partial charge in [0.15, 0.2) is 0 Å². The predicted molar refractivity (Wildman–Crippen MR) is 125 cm³/mol. The minimum absolute atomic E-state index is 0.147. The van der Waals surface area contributed by atoms with Crippen LogP contribution in [-0.2, 0) is 26.2 Å². The van der Waals surface area contributed by atoms with E-state index in [1.807, 2.05) is 38.1 Å². The number of aryl methyl sites for hydroxylation is 1. The van der Waals surface area contributed by atoms with Crippen molar-refractivity contribution in [1.29, 1.82) is 0 Å². The molecule has 0 aliphatic heterocycles. The molecule has 32 heavy (non-hydrogen) atoms. The van der Waals surface area contributed by atoms with Crippen LogP contribution in [0.1, 0.15) is 37.3 Å². The quantitative estimate of drug-likeness (QED) is 0.560. The fraction of sp³-hybridized carbons (Fsp3) is 0.417. The van der Waals surface area contributed by atoms with Gasteiger partial charge in [0.05, 0.1) is 4.90 Å². The number of carbonyl (C=O) groups excluding carboxylic acids is 2. The van der Waals surface area contributed by atoms with E-state index in [4.69, 9.17) is 0 Å². The van der Waals surface area contributed by atoms with Crippen LogP contribution in [-0.4, -0.2) is 56.1 Å². The normalized spacial score (nSPS) is 12.4. The minimum atomic E-state index is -3.60. The molecule has 0 saturated carbocycles. The van der Waals surface area contributed by atoms with E-state index in [2.05, 4.69) is 5.32 Å². The highest BCUT2D eigenvalue weighted by Gasteiger charge is 2.28. The van der Waals surface area contributed by atoms with Crippen LogP contribution >= 0.6 is 0 Å². The summed E-state index contributed by atoms with van der Waals surface area (Å²) < 4.78 is 26.6. The first-order valence-electron chi connectivity index (χ1n) is 10.8. The van der Waals surface area contributed by atoms with E-state index < -0.39 is 16.1 Å². The highest BCUT2D eigenvalue weighted by molar-refractivity contribution is 7.89. The minimum Gasteiger partial charge on any atom is -0.357 e. The predicted octanol–water partition coefficient (Wildman–Crippen LogP) is 2.95. The van der Waals surface area contributed by atoms with Crippen LogP contribution in [0.5, 0.6) is 0 Å². The van der Waals surface area contributed by atoms with Gasteiger partial charge in [0.25, 0.3) is 0 Å². The molecule has 0 saturated heterocycles. The maximum Gasteiger partial charge on any atom is 0.242 e. The SMILES string of the molecule is CC[C@H](C(=O)NC)N(Cc1cccc(C)c1)C(=O)CCCN(C)S(=O)(=O)c1ccccc1. The Morgan fingerprint density at radius 3 is 2.34 bits per heavy atom. The fourth-order valence-corrected chi connectivity index (χ4v) is 4.81. The Balaban J connectivity index is 2.09. The lowest BCUT2D eigenvalue weighted by molar-refractivity contribution is -0.141. The fourth-order valence-electron chi connectivity index (χ4n) is 3.58. The van der Waals surface area contributed by atoms with Gasteiger partial charge in [0.2, 0.25) is 21.8 Å². The van der Waals surface area contributed by atoms with E-state index in [0.717, 1.165) is 11.1 Å². The molecule has 0 bridgehead atoms. The third kappa shape index (κ3) is 6.64. The van der Waals surface area contributed by atoms with Gasteiger partial charge in [-0.25, -0.2) is 12.7 Å². The number of benzene rings is 2. The molecule has 0 heterocycles. The summed E-state index contributed by atoms with van der Waals surface area (Å²) in [7, 11) is -0.535. The van der Waals surface area contributed by atoms with Crippen molar-refractivity contribution in [3.05, 3.63) is 65.7 Å². The molecule has 2 aromatic carbocycles. The summed E-state index contributed by atoms with van der Waals surface area (Å²) in [5.41, 5.74) is 2.03. The lowest BCUT2D eigenvalue weighted by Crippen LogP contribution is -2.48. The molecule has 7 nitrogen and oxygen atoms in total. The number of hydrogen-bond donors (Lipinski definition) is 1. The first-order valence-corrected chi connectivity index (χ1v) is 12.2. The lowest BCUT2D eigenvalue weighted by atomic mass is 10.1. The molecule has 0 unspecified atom stereocenters. The molecule has 0 aliphatic carbocycles. The summed E-state index contributed by atoms with van der Waals surface area (Å²) >= 11 is 0. The third-order valence-electron chi connectivity index (χ3n) is 5.38. The molecule has 0 spiro atoms. The molecule has 2 rings (SSSR count). The Labute approximate surface area is 191 Å². The number of rotatable bonds is 11. The second-order valence-corrected chi connectivity index (χ2v) is 9.84. The van der Waals surface area contributed by atoms with Crippen molar-refractivity contribution in [1.82, 2.24) is 14.5 Å². The largest absolute Gasteiger partial charge is 0.357 e. The van der Waals surface area contributed by atoms with Gasteiger partial charge in [0, 0.05) is 33.6 Å². The lowest BCUT2D eigenvalue weighted by Gasteiger charge is -2.30. The average molecular weight is 460 g/mol. The molecule has 8 heteroatoms. The van der Waals surface area contributed by atoms with E-state index in [9.17, 15) is 18.0 Å². The highest BCUT2D eigenvalue weighted by Crippen LogP contribution is 2.17. The number of nitrogens with zero attached hydrogens (tertiary/aromatic N) is 2. The van der Waals surface area contributed by atoms with Gasteiger partial charge < -0.3 is 10.2 Å². The highest BCUT2D eigenvalue weighted by atomic mass is 32.2. The summed E-state index contributed by atoms with van der Waals surface area (Å²) in [6, 6.07) is 15.5. The van der Waals surface area contributed by atoms with Crippen LogP contribution in [0.15, 0.2) is 59.5 Å². The van der Waals surface area contributed by atoms with Crippen LogP contribution in [0.2, 0.25) is 0 Å². The topological polar surface area (TPSA) is 86.8 Å². The smallest absolute Gasteiger partial charge is 0.242 e. The van der Waals surface area contributed by atoms with Crippen molar-refractivity contribution in [3.8, 4) is 0 Å². The summed E-state index contributed by atoms with van der Waals surface area (Å²) in [5, 5.41) is 2.64. The molecule has 0 aliphatic rings. The van der Waals surface area contributed by atoms with Gasteiger partial charge in [-0.05, 0) is 37.5 Å². The average Bonchev–Trinajstić information content (AvgIpc) is 2.79. The van der Waals surface area contributed by atoms with E-state index in [1.54, 1.807) is 42.3 Å². The summed E-state index contributed by atoms with van der Waals surface area (Å²) in [6.45, 7) is 4.38. The maximum absolute atomic E-state index is 13.1. The van der Waals surface area contributed by atoms with Crippen molar-refractivity contribution in [2.24, 2.45) is 0 Å². The Morgan fingerprint density at radius 1 is 1.06 bits per heavy atom. The Morgan fingerprint density at radius 2 is 1.75 bits per heavy atom. The van der Waals surface area contributed by atoms with Crippen molar-refractivity contribution < 1.29 is 18.0 Å².